The van der Waals surface area contributed by atoms with Crippen molar-refractivity contribution in [3.63, 3.8) is 0 Å². The van der Waals surface area contributed by atoms with Crippen LogP contribution in [0.1, 0.15) is 72.6 Å². The molecule has 0 spiro atoms. The van der Waals surface area contributed by atoms with Crippen molar-refractivity contribution in [2.75, 3.05) is 19.4 Å². The summed E-state index contributed by atoms with van der Waals surface area (Å²) < 4.78 is 53.3. The van der Waals surface area contributed by atoms with Gasteiger partial charge in [-0.1, -0.05) is 54.4 Å². The number of hydrogen-bond donors (Lipinski definition) is 2. The Morgan fingerprint density at radius 3 is 2.35 bits per heavy atom. The summed E-state index contributed by atoms with van der Waals surface area (Å²) in [5.74, 6) is -3.08. The lowest BCUT2D eigenvalue weighted by atomic mass is 9.89. The van der Waals surface area contributed by atoms with Crippen LogP contribution in [0.4, 0.5) is 5.82 Å². The highest BCUT2D eigenvalue weighted by molar-refractivity contribution is 7.52. The Hall–Kier alpha value is -4.88. The van der Waals surface area contributed by atoms with Crippen molar-refractivity contribution in [1.29, 1.82) is 5.26 Å². The first-order valence-corrected chi connectivity index (χ1v) is 19.7. The molecule has 2 aromatic heterocycles. The number of aromatic nitrogens is 3. The second-order valence-corrected chi connectivity index (χ2v) is 15.8. The molecule has 3 N–H and O–H groups in total. The fourth-order valence-corrected chi connectivity index (χ4v) is 8.02. The number of carbonyl (C=O) groups is 3. The number of nitriles is 1. The van der Waals surface area contributed by atoms with Crippen molar-refractivity contribution in [3.8, 4) is 11.8 Å². The van der Waals surface area contributed by atoms with E-state index in [0.29, 0.717) is 16.8 Å². The van der Waals surface area contributed by atoms with Gasteiger partial charge in [0.2, 0.25) is 5.60 Å². The first-order valence-electron chi connectivity index (χ1n) is 18.1. The first-order chi connectivity index (χ1) is 26.1. The van der Waals surface area contributed by atoms with E-state index in [0.717, 1.165) is 12.8 Å². The van der Waals surface area contributed by atoms with E-state index in [9.17, 15) is 24.2 Å². The fraction of sp³-hybridized carbons (Fsp3) is 0.541. The van der Waals surface area contributed by atoms with Gasteiger partial charge in [-0.2, -0.15) is 15.4 Å². The number of aliphatic imine (C=N–C) groups is 1. The van der Waals surface area contributed by atoms with Crippen LogP contribution in [0, 0.1) is 29.1 Å². The van der Waals surface area contributed by atoms with E-state index >= 15 is 0 Å². The lowest BCUT2D eigenvalue weighted by Gasteiger charge is -2.37. The molecule has 7 atom stereocenters. The van der Waals surface area contributed by atoms with Crippen LogP contribution in [0.3, 0.4) is 0 Å². The van der Waals surface area contributed by atoms with Crippen LogP contribution in [0.2, 0.25) is 0 Å². The minimum atomic E-state index is -4.66. The molecule has 2 aliphatic rings. The smallest absolute Gasteiger partial charge is 0.459 e. The lowest BCUT2D eigenvalue weighted by molar-refractivity contribution is -0.185. The number of rotatable bonds is 17. The second-order valence-electron chi connectivity index (χ2n) is 14.2. The van der Waals surface area contributed by atoms with E-state index in [1.54, 1.807) is 39.8 Å². The van der Waals surface area contributed by atoms with E-state index < -0.39 is 73.0 Å². The molecule has 17 nitrogen and oxygen atoms in total. The minimum absolute atomic E-state index is 0.0274. The van der Waals surface area contributed by atoms with Gasteiger partial charge in [-0.3, -0.25) is 23.9 Å². The van der Waals surface area contributed by atoms with Gasteiger partial charge < -0.3 is 29.2 Å². The molecular weight excluding hydrogens is 733 g/mol. The number of esters is 3. The number of nitrogens with zero attached hydrogens (tertiary/aromatic N) is 5. The van der Waals surface area contributed by atoms with E-state index in [1.165, 1.54) is 55.3 Å². The number of benzene rings is 1. The number of nitrogen functional groups attached to an aromatic ring is 1. The molecule has 1 aliphatic carbocycles. The molecule has 5 rings (SSSR count). The summed E-state index contributed by atoms with van der Waals surface area (Å²) in [4.78, 5) is 48.6. The lowest BCUT2D eigenvalue weighted by Crippen LogP contribution is -2.54. The zero-order chi connectivity index (χ0) is 40.3. The van der Waals surface area contributed by atoms with Crippen LogP contribution in [-0.2, 0) is 48.0 Å². The van der Waals surface area contributed by atoms with Crippen LogP contribution in [0.15, 0.2) is 47.7 Å². The summed E-state index contributed by atoms with van der Waals surface area (Å²) in [5.41, 5.74) is 3.50. The Balaban J connectivity index is 1.60. The standard InChI is InChI=1S/C37H48N7O10P/c1-9-24(10-2)18-49-34(47)23(7)43-55(48,53-26-13-11-25(17-38)12-14-26)54-30-29-37(30,52-33(46)22(5)6)35(50-32(45)21(3)4)36(51-29,19-40-8)28-16-15-27-31(39)41-20-42-44(27)28/h11-16,19-24,29-30,35H,9-10,18H2,1-8H3,(H,43,48)(H2,39,41,42)/b40-19-/t23-,29+,30?,35-,36-,37-,55?/m0/s1. The molecule has 2 fully saturated rings. The van der Waals surface area contributed by atoms with Gasteiger partial charge in [-0.25, -0.2) is 14.1 Å². The molecule has 18 heteroatoms. The summed E-state index contributed by atoms with van der Waals surface area (Å²) in [5, 5.41) is 16.3. The van der Waals surface area contributed by atoms with E-state index in [-0.39, 0.29) is 24.1 Å². The van der Waals surface area contributed by atoms with Crippen LogP contribution >= 0.6 is 7.75 Å². The average Bonchev–Trinajstić information content (AvgIpc) is 3.40. The largest absolute Gasteiger partial charge is 0.464 e. The molecule has 55 heavy (non-hydrogen) atoms. The van der Waals surface area contributed by atoms with Gasteiger partial charge >= 0.3 is 25.7 Å². The van der Waals surface area contributed by atoms with Gasteiger partial charge in [-0.05, 0) is 49.2 Å². The molecule has 296 valence electrons. The van der Waals surface area contributed by atoms with E-state index in [2.05, 4.69) is 20.2 Å². The van der Waals surface area contributed by atoms with Crippen molar-refractivity contribution in [2.24, 2.45) is 22.7 Å². The van der Waals surface area contributed by atoms with Crippen LogP contribution in [0.5, 0.6) is 5.75 Å². The van der Waals surface area contributed by atoms with Gasteiger partial charge in [0.05, 0.1) is 35.8 Å². The third kappa shape index (κ3) is 8.09. The second kappa shape index (κ2) is 16.5. The normalized spacial score (nSPS) is 24.7. The molecule has 1 saturated heterocycles. The molecule has 2 unspecified atom stereocenters. The van der Waals surface area contributed by atoms with Gasteiger partial charge in [0.15, 0.2) is 17.5 Å². The van der Waals surface area contributed by atoms with Crippen LogP contribution in [-0.4, -0.2) is 82.3 Å². The molecule has 1 aromatic carbocycles. The summed E-state index contributed by atoms with van der Waals surface area (Å²) in [6.07, 6.45) is 0.100. The highest BCUT2D eigenvalue weighted by Crippen LogP contribution is 2.66. The number of ether oxygens (including phenoxy) is 4. The Morgan fingerprint density at radius 1 is 1.07 bits per heavy atom. The monoisotopic (exact) mass is 781 g/mol. The molecule has 3 aromatic rings. The maximum Gasteiger partial charge on any atom is 0.459 e. The summed E-state index contributed by atoms with van der Waals surface area (Å²) in [6.45, 7) is 12.1. The van der Waals surface area contributed by atoms with E-state index in [4.69, 9.17) is 33.7 Å². The average molecular weight is 782 g/mol. The number of carbonyl (C=O) groups excluding carboxylic acids is 3. The fourth-order valence-electron chi connectivity index (χ4n) is 6.31. The Labute approximate surface area is 319 Å². The predicted molar refractivity (Wildman–Crippen MR) is 199 cm³/mol. The summed E-state index contributed by atoms with van der Waals surface area (Å²) >= 11 is 0. The van der Waals surface area contributed by atoms with Gasteiger partial charge in [0.1, 0.15) is 35.8 Å². The van der Waals surface area contributed by atoms with Crippen molar-refractivity contribution >= 4 is 43.2 Å². The van der Waals surface area contributed by atoms with Gasteiger partial charge in [-0.15, -0.1) is 0 Å². The number of nitrogens with one attached hydrogen (secondary N) is 1. The van der Waals surface area contributed by atoms with Gasteiger partial charge in [0, 0.05) is 13.3 Å². The Bertz CT molecular complexity index is 2010. The van der Waals surface area contributed by atoms with Crippen molar-refractivity contribution < 1.29 is 46.9 Å². The number of nitrogens with two attached hydrogens (primary N) is 1. The first kappa shape index (κ1) is 41.3. The van der Waals surface area contributed by atoms with Crippen molar-refractivity contribution in [3.05, 3.63) is 54.0 Å². The predicted octanol–water partition coefficient (Wildman–Crippen LogP) is 4.53. The molecule has 3 heterocycles. The highest BCUT2D eigenvalue weighted by Gasteiger charge is 2.88. The van der Waals surface area contributed by atoms with Gasteiger partial charge in [0.25, 0.3) is 0 Å². The zero-order valence-electron chi connectivity index (χ0n) is 32.1. The quantitative estimate of drug-likeness (QED) is 0.0830. The molecule has 1 aliphatic heterocycles. The molecular formula is C37H48N7O10P. The molecule has 1 saturated carbocycles. The summed E-state index contributed by atoms with van der Waals surface area (Å²) in [6, 6.07) is 9.80. The third-order valence-corrected chi connectivity index (χ3v) is 11.3. The van der Waals surface area contributed by atoms with Crippen LogP contribution in [0.25, 0.3) is 5.52 Å². The Morgan fingerprint density at radius 2 is 1.75 bits per heavy atom. The maximum atomic E-state index is 14.9. The molecule has 0 bridgehead atoms. The van der Waals surface area contributed by atoms with Crippen LogP contribution < -0.4 is 15.3 Å². The van der Waals surface area contributed by atoms with Crippen molar-refractivity contribution in [2.45, 2.75) is 96.9 Å². The number of fused-ring (bicyclic) bond motifs is 2. The molecule has 0 amide bonds. The zero-order valence-corrected chi connectivity index (χ0v) is 33.0. The topological polar surface area (TPSA) is 228 Å². The third-order valence-electron chi connectivity index (χ3n) is 9.62. The van der Waals surface area contributed by atoms with E-state index in [1.807, 2.05) is 19.9 Å². The number of anilines is 1. The van der Waals surface area contributed by atoms with Crippen molar-refractivity contribution in [1.82, 2.24) is 19.7 Å². The molecule has 0 radical (unpaired) electrons. The number of hydrogen-bond acceptors (Lipinski definition) is 15. The highest BCUT2D eigenvalue weighted by atomic mass is 31.2. The minimum Gasteiger partial charge on any atom is -0.464 e. The summed E-state index contributed by atoms with van der Waals surface area (Å²) in [7, 11) is -3.17. The Kier molecular flexibility index (Phi) is 12.4. The SMILES string of the molecule is CCC(CC)COC(=O)[C@H](C)NP(=O)(Oc1ccc(C#N)cc1)OC1[C@H]2O[C@@](/C=N\C)(c3ccc4c(N)ncnn34)[C@H](OC(=O)C(C)C)[C@@]12OC(=O)C(C)C. The maximum absolute atomic E-state index is 14.9.